The van der Waals surface area contributed by atoms with Crippen molar-refractivity contribution in [2.45, 2.75) is 38.1 Å². The molecular formula is C15H21N3O2. The standard InChI is InChI=1S/C15H21N3O2/c1-20-15(19)12-7-17-18(14(12)16)13-10-3-8-2-9(5-10)6-11(13)4-8/h7-11,13H,2-6,16H2,1H3. The molecule has 5 nitrogen and oxygen atoms in total. The van der Waals surface area contributed by atoms with Crippen LogP contribution < -0.4 is 5.73 Å². The molecule has 5 heteroatoms. The summed E-state index contributed by atoms with van der Waals surface area (Å²) in [7, 11) is 1.38. The third kappa shape index (κ3) is 1.61. The highest BCUT2D eigenvalue weighted by atomic mass is 16.5. The number of esters is 1. The fourth-order valence-corrected chi connectivity index (χ4v) is 5.17. The van der Waals surface area contributed by atoms with Gasteiger partial charge in [0, 0.05) is 0 Å². The molecule has 1 heterocycles. The maximum Gasteiger partial charge on any atom is 0.343 e. The molecule has 2 N–H and O–H groups in total. The highest BCUT2D eigenvalue weighted by Gasteiger charge is 2.49. The number of carbonyl (C=O) groups is 1. The van der Waals surface area contributed by atoms with Gasteiger partial charge in [-0.2, -0.15) is 5.10 Å². The van der Waals surface area contributed by atoms with E-state index < -0.39 is 5.97 Å². The molecule has 0 radical (unpaired) electrons. The third-order valence-electron chi connectivity index (χ3n) is 5.70. The molecule has 4 fully saturated rings. The Morgan fingerprint density at radius 1 is 1.25 bits per heavy atom. The molecule has 0 unspecified atom stereocenters. The number of hydrogen-bond donors (Lipinski definition) is 1. The normalized spacial score (nSPS) is 38.1. The van der Waals surface area contributed by atoms with Crippen LogP contribution in [0.5, 0.6) is 0 Å². The molecular weight excluding hydrogens is 254 g/mol. The van der Waals surface area contributed by atoms with Crippen LogP contribution in [0.3, 0.4) is 0 Å². The van der Waals surface area contributed by atoms with Gasteiger partial charge >= 0.3 is 5.97 Å². The van der Waals surface area contributed by atoms with E-state index in [0.717, 1.165) is 11.8 Å². The van der Waals surface area contributed by atoms with Crippen LogP contribution in [-0.4, -0.2) is 22.9 Å². The zero-order valence-corrected chi connectivity index (χ0v) is 11.8. The number of carbonyl (C=O) groups excluding carboxylic acids is 1. The van der Waals surface area contributed by atoms with Gasteiger partial charge in [0.05, 0.1) is 19.3 Å². The minimum absolute atomic E-state index is 0.390. The first kappa shape index (κ1) is 12.2. The summed E-state index contributed by atoms with van der Waals surface area (Å²) in [5.74, 6) is 3.32. The minimum Gasteiger partial charge on any atom is -0.465 e. The second-order valence-electron chi connectivity index (χ2n) is 6.80. The lowest BCUT2D eigenvalue weighted by Crippen LogP contribution is -2.46. The molecule has 0 spiro atoms. The van der Waals surface area contributed by atoms with E-state index in [1.807, 2.05) is 4.68 Å². The van der Waals surface area contributed by atoms with Crippen molar-refractivity contribution in [3.63, 3.8) is 0 Å². The molecule has 4 aliphatic carbocycles. The number of aromatic nitrogens is 2. The number of nitrogen functional groups attached to an aromatic ring is 1. The number of ether oxygens (including phenoxy) is 1. The molecule has 0 atom stereocenters. The average Bonchev–Trinajstić information content (AvgIpc) is 2.79. The van der Waals surface area contributed by atoms with Gasteiger partial charge < -0.3 is 10.5 Å². The van der Waals surface area contributed by atoms with Crippen LogP contribution in [-0.2, 0) is 4.74 Å². The van der Waals surface area contributed by atoms with E-state index in [9.17, 15) is 4.79 Å². The van der Waals surface area contributed by atoms with Crippen molar-refractivity contribution in [1.82, 2.24) is 9.78 Å². The van der Waals surface area contributed by atoms with Crippen molar-refractivity contribution in [1.29, 1.82) is 0 Å². The zero-order chi connectivity index (χ0) is 13.9. The van der Waals surface area contributed by atoms with Gasteiger partial charge in [-0.25, -0.2) is 9.48 Å². The van der Waals surface area contributed by atoms with Crippen LogP contribution in [0, 0.1) is 23.7 Å². The molecule has 0 aliphatic heterocycles. The minimum atomic E-state index is -0.391. The maximum absolute atomic E-state index is 11.7. The smallest absolute Gasteiger partial charge is 0.343 e. The van der Waals surface area contributed by atoms with Gasteiger partial charge in [0.2, 0.25) is 0 Å². The molecule has 1 aromatic rings. The summed E-state index contributed by atoms with van der Waals surface area (Å²) >= 11 is 0. The second kappa shape index (κ2) is 4.24. The lowest BCUT2D eigenvalue weighted by atomic mass is 9.54. The second-order valence-corrected chi connectivity index (χ2v) is 6.80. The highest BCUT2D eigenvalue weighted by Crippen LogP contribution is 2.58. The molecule has 0 amide bonds. The Balaban J connectivity index is 1.68. The predicted molar refractivity (Wildman–Crippen MR) is 74.1 cm³/mol. The first-order valence-electron chi connectivity index (χ1n) is 7.58. The largest absolute Gasteiger partial charge is 0.465 e. The van der Waals surface area contributed by atoms with E-state index in [1.54, 1.807) is 6.20 Å². The van der Waals surface area contributed by atoms with Gasteiger partial charge in [0.1, 0.15) is 11.4 Å². The van der Waals surface area contributed by atoms with Crippen LogP contribution in [0.25, 0.3) is 0 Å². The first-order valence-corrected chi connectivity index (χ1v) is 7.58. The van der Waals surface area contributed by atoms with Gasteiger partial charge in [-0.1, -0.05) is 0 Å². The number of methoxy groups -OCH3 is 1. The zero-order valence-electron chi connectivity index (χ0n) is 11.8. The van der Waals surface area contributed by atoms with Gasteiger partial charge in [0.15, 0.2) is 0 Å². The van der Waals surface area contributed by atoms with Gasteiger partial charge in [-0.05, 0) is 55.8 Å². The van der Waals surface area contributed by atoms with Crippen molar-refractivity contribution in [3.8, 4) is 0 Å². The first-order chi connectivity index (χ1) is 9.67. The topological polar surface area (TPSA) is 70.1 Å². The van der Waals surface area contributed by atoms with Gasteiger partial charge in [0.25, 0.3) is 0 Å². The quantitative estimate of drug-likeness (QED) is 0.840. The number of nitrogens with zero attached hydrogens (tertiary/aromatic N) is 2. The lowest BCUT2D eigenvalue weighted by Gasteiger charge is -2.54. The fraction of sp³-hybridized carbons (Fsp3) is 0.733. The third-order valence-corrected chi connectivity index (χ3v) is 5.70. The Labute approximate surface area is 118 Å². The predicted octanol–water partition coefficient (Wildman–Crippen LogP) is 2.25. The summed E-state index contributed by atoms with van der Waals surface area (Å²) in [6.07, 6.45) is 8.23. The molecule has 4 saturated carbocycles. The molecule has 1 aromatic heterocycles. The summed E-state index contributed by atoms with van der Waals surface area (Å²) in [5.41, 5.74) is 6.56. The van der Waals surface area contributed by atoms with Crippen LogP contribution in [0.1, 0.15) is 48.5 Å². The van der Waals surface area contributed by atoms with E-state index in [-0.39, 0.29) is 0 Å². The molecule has 4 aliphatic rings. The summed E-state index contributed by atoms with van der Waals surface area (Å²) in [4.78, 5) is 11.7. The number of nitrogens with two attached hydrogens (primary N) is 1. The molecule has 20 heavy (non-hydrogen) atoms. The Morgan fingerprint density at radius 3 is 2.40 bits per heavy atom. The monoisotopic (exact) mass is 275 g/mol. The van der Waals surface area contributed by atoms with Crippen molar-refractivity contribution in [2.75, 3.05) is 12.8 Å². The Kier molecular flexibility index (Phi) is 2.59. The maximum atomic E-state index is 11.7. The molecule has 0 aromatic carbocycles. The SMILES string of the molecule is COC(=O)c1cnn(C2C3CC4CC(C3)CC2C4)c1N. The summed E-state index contributed by atoms with van der Waals surface area (Å²) in [6, 6.07) is 0.390. The van der Waals surface area contributed by atoms with Crippen molar-refractivity contribution < 1.29 is 9.53 Å². The van der Waals surface area contributed by atoms with Crippen molar-refractivity contribution in [3.05, 3.63) is 11.8 Å². The number of anilines is 1. The van der Waals surface area contributed by atoms with E-state index in [2.05, 4.69) is 5.10 Å². The van der Waals surface area contributed by atoms with E-state index >= 15 is 0 Å². The molecule has 4 bridgehead atoms. The van der Waals surface area contributed by atoms with E-state index in [4.69, 9.17) is 10.5 Å². The Hall–Kier alpha value is -1.52. The van der Waals surface area contributed by atoms with E-state index in [0.29, 0.717) is 29.3 Å². The Morgan fingerprint density at radius 2 is 1.85 bits per heavy atom. The van der Waals surface area contributed by atoms with E-state index in [1.165, 1.54) is 39.2 Å². The molecule has 108 valence electrons. The summed E-state index contributed by atoms with van der Waals surface area (Å²) in [6.45, 7) is 0. The lowest BCUT2D eigenvalue weighted by molar-refractivity contribution is -0.0327. The molecule has 5 rings (SSSR count). The number of rotatable bonds is 2. The highest BCUT2D eigenvalue weighted by molar-refractivity contribution is 5.93. The van der Waals surface area contributed by atoms with Crippen LogP contribution >= 0.6 is 0 Å². The van der Waals surface area contributed by atoms with Crippen molar-refractivity contribution >= 4 is 11.8 Å². The average molecular weight is 275 g/mol. The van der Waals surface area contributed by atoms with Crippen LogP contribution in [0.2, 0.25) is 0 Å². The van der Waals surface area contributed by atoms with Crippen LogP contribution in [0.15, 0.2) is 6.20 Å². The van der Waals surface area contributed by atoms with Gasteiger partial charge in [-0.15, -0.1) is 0 Å². The fourth-order valence-electron chi connectivity index (χ4n) is 5.17. The van der Waals surface area contributed by atoms with Crippen molar-refractivity contribution in [2.24, 2.45) is 23.7 Å². The number of hydrogen-bond acceptors (Lipinski definition) is 4. The molecule has 0 saturated heterocycles. The summed E-state index contributed by atoms with van der Waals surface area (Å²) in [5, 5.41) is 4.42. The van der Waals surface area contributed by atoms with Crippen LogP contribution in [0.4, 0.5) is 5.82 Å². The Bertz CT molecular complexity index is 523. The summed E-state index contributed by atoms with van der Waals surface area (Å²) < 4.78 is 6.68. The van der Waals surface area contributed by atoms with Gasteiger partial charge in [-0.3, -0.25) is 0 Å².